The van der Waals surface area contributed by atoms with E-state index < -0.39 is 11.7 Å². The van der Waals surface area contributed by atoms with E-state index in [0.29, 0.717) is 12.8 Å². The molecule has 1 aliphatic rings. The molecule has 4 nitrogen and oxygen atoms in total. The van der Waals surface area contributed by atoms with Crippen LogP contribution in [0.15, 0.2) is 30.5 Å². The molecule has 3 rings (SSSR count). The third-order valence-electron chi connectivity index (χ3n) is 4.05. The molecule has 2 N–H and O–H groups in total. The maximum atomic E-state index is 12.7. The van der Waals surface area contributed by atoms with Gasteiger partial charge < -0.3 is 10.6 Å². The number of aryl methyl sites for hydroxylation is 1. The molecule has 1 amide bonds. The zero-order valence-corrected chi connectivity index (χ0v) is 14.0. The lowest BCUT2D eigenvalue weighted by Gasteiger charge is -2.21. The Bertz CT molecular complexity index is 823. The summed E-state index contributed by atoms with van der Waals surface area (Å²) in [5, 5.41) is 5.74. The van der Waals surface area contributed by atoms with E-state index in [4.69, 9.17) is 11.6 Å². The van der Waals surface area contributed by atoms with Crippen molar-refractivity contribution in [3.63, 3.8) is 0 Å². The molecule has 2 heterocycles. The summed E-state index contributed by atoms with van der Waals surface area (Å²) in [6.07, 6.45) is -2.64. The number of alkyl halides is 3. The number of amides is 1. The van der Waals surface area contributed by atoms with Crippen molar-refractivity contribution in [2.24, 2.45) is 0 Å². The van der Waals surface area contributed by atoms with Gasteiger partial charge in [-0.2, -0.15) is 13.2 Å². The number of hydrogen-bond acceptors (Lipinski definition) is 3. The van der Waals surface area contributed by atoms with E-state index in [0.717, 1.165) is 29.1 Å². The van der Waals surface area contributed by atoms with Crippen LogP contribution in [0.4, 0.5) is 24.7 Å². The van der Waals surface area contributed by atoms with E-state index >= 15 is 0 Å². The Morgan fingerprint density at radius 2 is 2.04 bits per heavy atom. The molecular weight excluding hydrogens is 355 g/mol. The Morgan fingerprint density at radius 3 is 2.72 bits per heavy atom. The molecule has 0 aliphatic carbocycles. The van der Waals surface area contributed by atoms with Crippen LogP contribution in [-0.4, -0.2) is 10.9 Å². The highest BCUT2D eigenvalue weighted by atomic mass is 35.5. The van der Waals surface area contributed by atoms with Gasteiger partial charge in [0.25, 0.3) is 0 Å². The van der Waals surface area contributed by atoms with Gasteiger partial charge in [-0.3, -0.25) is 4.79 Å². The number of halogens is 4. The van der Waals surface area contributed by atoms with Crippen molar-refractivity contribution in [2.75, 3.05) is 10.6 Å². The molecule has 0 radical (unpaired) electrons. The molecule has 1 aliphatic heterocycles. The van der Waals surface area contributed by atoms with Crippen molar-refractivity contribution < 1.29 is 18.0 Å². The van der Waals surface area contributed by atoms with Crippen LogP contribution in [-0.2, 0) is 17.4 Å². The van der Waals surface area contributed by atoms with Gasteiger partial charge in [-0.1, -0.05) is 23.7 Å². The Balaban J connectivity index is 1.78. The van der Waals surface area contributed by atoms with Gasteiger partial charge in [0.05, 0.1) is 16.6 Å². The minimum Gasteiger partial charge on any atom is -0.362 e. The number of fused-ring (bicyclic) bond motifs is 1. The lowest BCUT2D eigenvalue weighted by Crippen LogP contribution is -2.19. The number of hydrogen-bond donors (Lipinski definition) is 2. The van der Waals surface area contributed by atoms with Crippen molar-refractivity contribution in [2.45, 2.75) is 32.0 Å². The molecule has 1 aromatic carbocycles. The van der Waals surface area contributed by atoms with Crippen LogP contribution < -0.4 is 10.6 Å². The summed E-state index contributed by atoms with van der Waals surface area (Å²) >= 11 is 5.93. The molecule has 1 aromatic heterocycles. The summed E-state index contributed by atoms with van der Waals surface area (Å²) in [6.45, 7) is 1.86. The summed E-state index contributed by atoms with van der Waals surface area (Å²) in [5.74, 6) is 0.181. The van der Waals surface area contributed by atoms with Crippen LogP contribution in [0.5, 0.6) is 0 Å². The molecule has 1 atom stereocenters. The van der Waals surface area contributed by atoms with Crippen molar-refractivity contribution in [1.29, 1.82) is 0 Å². The number of aromatic nitrogens is 1. The maximum absolute atomic E-state index is 12.7. The molecule has 0 saturated carbocycles. The highest BCUT2D eigenvalue weighted by molar-refractivity contribution is 6.33. The van der Waals surface area contributed by atoms with Crippen LogP contribution in [0.1, 0.15) is 36.1 Å². The number of carbonyl (C=O) groups excluding carboxylic acids is 1. The fourth-order valence-electron chi connectivity index (χ4n) is 2.66. The molecule has 2 aromatic rings. The Labute approximate surface area is 147 Å². The first-order chi connectivity index (χ1) is 11.7. The highest BCUT2D eigenvalue weighted by Gasteiger charge is 2.31. The first kappa shape index (κ1) is 17.5. The number of rotatable bonds is 3. The van der Waals surface area contributed by atoms with Crippen LogP contribution in [0.3, 0.4) is 0 Å². The van der Waals surface area contributed by atoms with Gasteiger partial charge in [-0.15, -0.1) is 0 Å². The predicted octanol–water partition coefficient (Wildman–Crippen LogP) is 4.81. The lowest BCUT2D eigenvalue weighted by molar-refractivity contribution is -0.137. The summed E-state index contributed by atoms with van der Waals surface area (Å²) in [7, 11) is 0. The first-order valence-electron chi connectivity index (χ1n) is 7.66. The van der Waals surface area contributed by atoms with E-state index in [1.165, 1.54) is 0 Å². The van der Waals surface area contributed by atoms with Gasteiger partial charge >= 0.3 is 6.18 Å². The maximum Gasteiger partial charge on any atom is 0.417 e. The van der Waals surface area contributed by atoms with Crippen LogP contribution in [0, 0.1) is 0 Å². The minimum atomic E-state index is -4.48. The summed E-state index contributed by atoms with van der Waals surface area (Å²) < 4.78 is 38.0. The average molecular weight is 370 g/mol. The van der Waals surface area contributed by atoms with E-state index in [1.54, 1.807) is 0 Å². The largest absolute Gasteiger partial charge is 0.417 e. The van der Waals surface area contributed by atoms with Gasteiger partial charge in [0, 0.05) is 18.3 Å². The van der Waals surface area contributed by atoms with E-state index in [2.05, 4.69) is 15.6 Å². The number of nitrogens with one attached hydrogen (secondary N) is 2. The van der Waals surface area contributed by atoms with Crippen LogP contribution >= 0.6 is 11.6 Å². The summed E-state index contributed by atoms with van der Waals surface area (Å²) in [6, 6.07) is 6.27. The number of anilines is 2. The summed E-state index contributed by atoms with van der Waals surface area (Å²) in [5.41, 5.74) is 1.85. The van der Waals surface area contributed by atoms with Crippen molar-refractivity contribution in [1.82, 2.24) is 4.98 Å². The van der Waals surface area contributed by atoms with Gasteiger partial charge in [-0.05, 0) is 36.6 Å². The Morgan fingerprint density at radius 1 is 1.28 bits per heavy atom. The monoisotopic (exact) mass is 369 g/mol. The number of nitrogens with zero attached hydrogens (tertiary/aromatic N) is 1. The van der Waals surface area contributed by atoms with E-state index in [1.807, 2.05) is 25.1 Å². The zero-order chi connectivity index (χ0) is 18.2. The molecule has 0 saturated heterocycles. The Kier molecular flexibility index (Phi) is 4.60. The third kappa shape index (κ3) is 3.87. The molecule has 132 valence electrons. The van der Waals surface area contributed by atoms with Gasteiger partial charge in [0.2, 0.25) is 5.91 Å². The second-order valence-electron chi connectivity index (χ2n) is 5.88. The molecule has 0 spiro atoms. The fourth-order valence-corrected chi connectivity index (χ4v) is 2.88. The lowest BCUT2D eigenvalue weighted by atomic mass is 9.98. The Hall–Kier alpha value is -2.28. The second-order valence-corrected chi connectivity index (χ2v) is 6.29. The normalized spacial score (nSPS) is 15.3. The van der Waals surface area contributed by atoms with Crippen molar-refractivity contribution in [3.05, 3.63) is 52.2 Å². The molecule has 0 bridgehead atoms. The highest BCUT2D eigenvalue weighted by Crippen LogP contribution is 2.34. The van der Waals surface area contributed by atoms with E-state index in [9.17, 15) is 18.0 Å². The smallest absolute Gasteiger partial charge is 0.362 e. The number of carbonyl (C=O) groups is 1. The minimum absolute atomic E-state index is 0.00726. The predicted molar refractivity (Wildman–Crippen MR) is 89.7 cm³/mol. The molecular formula is C17H15ClF3N3O. The summed E-state index contributed by atoms with van der Waals surface area (Å²) in [4.78, 5) is 15.2. The van der Waals surface area contributed by atoms with Gasteiger partial charge in [-0.25, -0.2) is 4.98 Å². The molecule has 8 heteroatoms. The van der Waals surface area contributed by atoms with Gasteiger partial charge in [0.15, 0.2) is 0 Å². The quantitative estimate of drug-likeness (QED) is 0.816. The van der Waals surface area contributed by atoms with Crippen LogP contribution in [0.2, 0.25) is 5.02 Å². The number of benzene rings is 1. The standard InChI is InChI=1S/C17H15ClF3N3O/c1-9(10-2-4-14-11(6-10)3-5-15(25)24-14)23-16-13(18)7-12(8-22-16)17(19,20)21/h2,4,6-9H,3,5H2,1H3,(H,22,23)(H,24,25). The average Bonchev–Trinajstić information content (AvgIpc) is 2.55. The topological polar surface area (TPSA) is 54.0 Å². The fraction of sp³-hybridized carbons (Fsp3) is 0.294. The van der Waals surface area contributed by atoms with Gasteiger partial charge in [0.1, 0.15) is 5.82 Å². The first-order valence-corrected chi connectivity index (χ1v) is 8.04. The van der Waals surface area contributed by atoms with Crippen molar-refractivity contribution in [3.8, 4) is 0 Å². The van der Waals surface area contributed by atoms with E-state index in [-0.39, 0.29) is 22.8 Å². The van der Waals surface area contributed by atoms with Crippen molar-refractivity contribution >= 4 is 29.0 Å². The SMILES string of the molecule is CC(Nc1ncc(C(F)(F)F)cc1Cl)c1ccc2c(c1)CCC(=O)N2. The second kappa shape index (κ2) is 6.55. The number of pyridine rings is 1. The van der Waals surface area contributed by atoms with Crippen LogP contribution in [0.25, 0.3) is 0 Å². The zero-order valence-electron chi connectivity index (χ0n) is 13.2. The molecule has 25 heavy (non-hydrogen) atoms. The molecule has 0 fully saturated rings. The molecule has 1 unspecified atom stereocenters. The third-order valence-corrected chi connectivity index (χ3v) is 4.33.